The summed E-state index contributed by atoms with van der Waals surface area (Å²) in [6.07, 6.45) is 0.406. The van der Waals surface area contributed by atoms with E-state index >= 15 is 0 Å². The Kier molecular flexibility index (Phi) is 3.67. The van der Waals surface area contributed by atoms with Gasteiger partial charge in [-0.25, -0.2) is 0 Å². The number of ether oxygens (including phenoxy) is 4. The van der Waals surface area contributed by atoms with Crippen molar-refractivity contribution < 1.29 is 28.8 Å². The van der Waals surface area contributed by atoms with Crippen molar-refractivity contribution >= 4 is 5.97 Å². The van der Waals surface area contributed by atoms with Crippen LogP contribution in [0.25, 0.3) is 0 Å². The average molecular weight is 354 g/mol. The fraction of sp³-hybridized carbons (Fsp3) is 0.947. The van der Waals surface area contributed by atoms with Crippen LogP contribution in [0.3, 0.4) is 0 Å². The second-order valence-corrected chi connectivity index (χ2v) is 9.23. The Bertz CT molecular complexity index is 586. The maximum absolute atomic E-state index is 11.8. The van der Waals surface area contributed by atoms with Gasteiger partial charge >= 0.3 is 5.97 Å². The third kappa shape index (κ3) is 1.97. The highest BCUT2D eigenvalue weighted by Crippen LogP contribution is 2.72. The van der Waals surface area contributed by atoms with Crippen LogP contribution in [0.15, 0.2) is 0 Å². The Morgan fingerprint density at radius 1 is 1.12 bits per heavy atom. The Morgan fingerprint density at radius 3 is 2.28 bits per heavy atom. The number of carbonyl (C=O) groups excluding carboxylic acids is 1. The summed E-state index contributed by atoms with van der Waals surface area (Å²) in [4.78, 5) is 11.8. The van der Waals surface area contributed by atoms with Crippen LogP contribution < -0.4 is 0 Å². The maximum Gasteiger partial charge on any atom is 0.303 e. The standard InChI is InChI=1S/C19H30O6/c1-9(20)24-11-8-18(4,21)13-14-12(15(22-5)16(13)23-6)10-7-17(2,3)19(10,11)25-14/h10-16,21H,7-8H2,1-6H3/t10-,11+,12-,13+,14+,15-,16-,18-,19-/m1/s1. The molecule has 0 amide bonds. The minimum Gasteiger partial charge on any atom is -0.459 e. The van der Waals surface area contributed by atoms with Crippen LogP contribution in [-0.4, -0.2) is 60.9 Å². The van der Waals surface area contributed by atoms with E-state index in [2.05, 4.69) is 13.8 Å². The molecule has 2 aliphatic carbocycles. The molecule has 1 spiro atoms. The van der Waals surface area contributed by atoms with Crippen molar-refractivity contribution in [3.8, 4) is 0 Å². The lowest BCUT2D eigenvalue weighted by Gasteiger charge is -2.61. The first-order chi connectivity index (χ1) is 11.6. The zero-order chi connectivity index (χ0) is 18.4. The highest BCUT2D eigenvalue weighted by molar-refractivity contribution is 5.66. The number of rotatable bonds is 3. The molecular formula is C19H30O6. The highest BCUT2D eigenvalue weighted by atomic mass is 16.6. The molecule has 25 heavy (non-hydrogen) atoms. The molecule has 6 heteroatoms. The summed E-state index contributed by atoms with van der Waals surface area (Å²) in [5.74, 6) is -0.130. The molecule has 0 aromatic carbocycles. The zero-order valence-corrected chi connectivity index (χ0v) is 15.9. The monoisotopic (exact) mass is 354 g/mol. The molecule has 2 saturated carbocycles. The molecule has 2 bridgehead atoms. The number of aliphatic hydroxyl groups is 1. The second-order valence-electron chi connectivity index (χ2n) is 9.23. The van der Waals surface area contributed by atoms with E-state index in [9.17, 15) is 9.90 Å². The molecule has 142 valence electrons. The van der Waals surface area contributed by atoms with Gasteiger partial charge in [0.25, 0.3) is 0 Å². The van der Waals surface area contributed by atoms with Crippen molar-refractivity contribution in [2.45, 2.75) is 76.2 Å². The Morgan fingerprint density at radius 2 is 1.76 bits per heavy atom. The molecule has 0 aromatic heterocycles. The molecule has 2 saturated heterocycles. The van der Waals surface area contributed by atoms with Crippen molar-refractivity contribution in [2.75, 3.05) is 14.2 Å². The SMILES string of the molecule is CO[C@H]1[C@H](OC)[C@@H]2[C@H]3O[C@@]4([C@@H](OC(C)=O)C[C@@]2(C)O)[C@H](CC4(C)C)[C@@H]13. The Balaban J connectivity index is 1.85. The summed E-state index contributed by atoms with van der Waals surface area (Å²) < 4.78 is 24.1. The number of esters is 1. The average Bonchev–Trinajstić information content (AvgIpc) is 2.92. The zero-order valence-electron chi connectivity index (χ0n) is 15.9. The second kappa shape index (κ2) is 5.18. The van der Waals surface area contributed by atoms with Gasteiger partial charge in [-0.05, 0) is 18.8 Å². The van der Waals surface area contributed by atoms with Crippen LogP contribution in [-0.2, 0) is 23.7 Å². The summed E-state index contributed by atoms with van der Waals surface area (Å²) in [5.41, 5.74) is -1.73. The molecule has 2 heterocycles. The topological polar surface area (TPSA) is 74.2 Å². The number of carbonyl (C=O) groups is 1. The first-order valence-electron chi connectivity index (χ1n) is 9.23. The van der Waals surface area contributed by atoms with Crippen LogP contribution in [0, 0.1) is 23.2 Å². The molecule has 2 aliphatic heterocycles. The van der Waals surface area contributed by atoms with Gasteiger partial charge in [0.2, 0.25) is 0 Å². The normalized spacial score (nSPS) is 55.2. The first-order valence-corrected chi connectivity index (χ1v) is 9.23. The van der Waals surface area contributed by atoms with Gasteiger partial charge in [0.15, 0.2) is 0 Å². The van der Waals surface area contributed by atoms with Crippen molar-refractivity contribution in [1.29, 1.82) is 0 Å². The van der Waals surface area contributed by atoms with E-state index < -0.39 is 17.3 Å². The van der Waals surface area contributed by atoms with Crippen molar-refractivity contribution in [3.63, 3.8) is 0 Å². The van der Waals surface area contributed by atoms with Gasteiger partial charge in [-0.3, -0.25) is 4.79 Å². The predicted octanol–water partition coefficient (Wildman–Crippen LogP) is 1.53. The van der Waals surface area contributed by atoms with Crippen LogP contribution in [0.2, 0.25) is 0 Å². The molecule has 4 rings (SSSR count). The Labute approximate surface area is 149 Å². The maximum atomic E-state index is 11.8. The van der Waals surface area contributed by atoms with Crippen LogP contribution in [0.5, 0.6) is 0 Å². The highest BCUT2D eigenvalue weighted by Gasteiger charge is 2.81. The van der Waals surface area contributed by atoms with Gasteiger partial charge in [-0.2, -0.15) is 0 Å². The summed E-state index contributed by atoms with van der Waals surface area (Å²) in [5, 5.41) is 11.3. The van der Waals surface area contributed by atoms with E-state index in [-0.39, 0.29) is 47.4 Å². The van der Waals surface area contributed by atoms with Gasteiger partial charge in [0.1, 0.15) is 11.7 Å². The van der Waals surface area contributed by atoms with E-state index in [1.165, 1.54) is 6.92 Å². The summed E-state index contributed by atoms with van der Waals surface area (Å²) in [6.45, 7) is 7.59. The fourth-order valence-corrected chi connectivity index (χ4v) is 6.80. The van der Waals surface area contributed by atoms with Crippen LogP contribution in [0.4, 0.5) is 0 Å². The summed E-state index contributed by atoms with van der Waals surface area (Å²) in [7, 11) is 3.37. The number of hydrogen-bond donors (Lipinski definition) is 1. The number of hydrogen-bond acceptors (Lipinski definition) is 6. The minimum absolute atomic E-state index is 0.117. The first kappa shape index (κ1) is 17.7. The smallest absolute Gasteiger partial charge is 0.303 e. The van der Waals surface area contributed by atoms with E-state index in [4.69, 9.17) is 18.9 Å². The minimum atomic E-state index is -1.06. The van der Waals surface area contributed by atoms with Gasteiger partial charge in [0, 0.05) is 45.3 Å². The molecule has 9 atom stereocenters. The van der Waals surface area contributed by atoms with Crippen molar-refractivity contribution in [1.82, 2.24) is 0 Å². The van der Waals surface area contributed by atoms with Crippen molar-refractivity contribution in [3.05, 3.63) is 0 Å². The van der Waals surface area contributed by atoms with Crippen LogP contribution >= 0.6 is 0 Å². The quantitative estimate of drug-likeness (QED) is 0.775. The molecular weight excluding hydrogens is 324 g/mol. The summed E-state index contributed by atoms with van der Waals surface area (Å²) >= 11 is 0. The molecule has 4 aliphatic rings. The van der Waals surface area contributed by atoms with Crippen molar-refractivity contribution in [2.24, 2.45) is 23.2 Å². The molecule has 6 nitrogen and oxygen atoms in total. The number of fused-ring (bicyclic) bond motifs is 1. The van der Waals surface area contributed by atoms with E-state index in [1.54, 1.807) is 14.2 Å². The fourth-order valence-electron chi connectivity index (χ4n) is 6.80. The lowest BCUT2D eigenvalue weighted by Crippen LogP contribution is -2.68. The molecule has 1 N–H and O–H groups in total. The van der Waals surface area contributed by atoms with Gasteiger partial charge in [-0.15, -0.1) is 0 Å². The molecule has 0 aromatic rings. The third-order valence-corrected chi connectivity index (χ3v) is 7.57. The van der Waals surface area contributed by atoms with E-state index in [0.717, 1.165) is 6.42 Å². The number of methoxy groups -OCH3 is 2. The predicted molar refractivity (Wildman–Crippen MR) is 88.9 cm³/mol. The van der Waals surface area contributed by atoms with Crippen LogP contribution in [0.1, 0.15) is 40.5 Å². The summed E-state index contributed by atoms with van der Waals surface area (Å²) in [6, 6.07) is 0. The lowest BCUT2D eigenvalue weighted by atomic mass is 9.47. The largest absolute Gasteiger partial charge is 0.459 e. The Hall–Kier alpha value is -0.690. The van der Waals surface area contributed by atoms with E-state index in [1.807, 2.05) is 6.92 Å². The van der Waals surface area contributed by atoms with Gasteiger partial charge in [0.05, 0.1) is 23.9 Å². The van der Waals surface area contributed by atoms with E-state index in [0.29, 0.717) is 6.42 Å². The molecule has 0 radical (unpaired) electrons. The molecule has 4 fully saturated rings. The molecule has 0 unspecified atom stereocenters. The van der Waals surface area contributed by atoms with Gasteiger partial charge in [-0.1, -0.05) is 13.8 Å². The lowest BCUT2D eigenvalue weighted by molar-refractivity contribution is -0.259. The van der Waals surface area contributed by atoms with Gasteiger partial charge < -0.3 is 24.1 Å². The third-order valence-electron chi connectivity index (χ3n) is 7.57.